The van der Waals surface area contributed by atoms with E-state index in [0.29, 0.717) is 65.7 Å². The molecule has 4 fully saturated rings. The summed E-state index contributed by atoms with van der Waals surface area (Å²) in [6.07, 6.45) is 10.3. The number of esters is 2. The normalized spacial score (nSPS) is 17.8. The third kappa shape index (κ3) is 12.7. The molecule has 10 rings (SSSR count). The van der Waals surface area contributed by atoms with Gasteiger partial charge in [0.15, 0.2) is 22.7 Å². The van der Waals surface area contributed by atoms with E-state index in [1.807, 2.05) is 87.0 Å². The summed E-state index contributed by atoms with van der Waals surface area (Å²) in [6, 6.07) is 17.8. The summed E-state index contributed by atoms with van der Waals surface area (Å²) in [5, 5.41) is 20.5. The number of amides is 2. The fourth-order valence-electron chi connectivity index (χ4n) is 11.5. The average molecular weight is 1100 g/mol. The van der Waals surface area contributed by atoms with E-state index < -0.39 is 23.5 Å². The van der Waals surface area contributed by atoms with Crippen LogP contribution >= 0.6 is 0 Å². The SMILES string of the molecule is CCOC(=O)c1cc(-c2ccc(C(=O)N3CC4CN(C(=O)OC(C)(C)C)CC4C3)cc2)c2c(OC(C)C)nn(C3CCCCC3)c2n1.CCOC(=O)c1cc(-c2ccc(C(=O)O)cc2)c2c(OC(C)C)nn(C3CCCCC3)c2n1. The highest BCUT2D eigenvalue weighted by Gasteiger charge is 2.44. The minimum atomic E-state index is -0.998. The molecule has 2 saturated carbocycles. The summed E-state index contributed by atoms with van der Waals surface area (Å²) in [6.45, 7) is 19.8. The van der Waals surface area contributed by atoms with Crippen molar-refractivity contribution in [1.82, 2.24) is 39.3 Å². The van der Waals surface area contributed by atoms with E-state index >= 15 is 0 Å². The van der Waals surface area contributed by atoms with Crippen LogP contribution in [0.15, 0.2) is 60.7 Å². The van der Waals surface area contributed by atoms with Gasteiger partial charge in [0.1, 0.15) is 5.60 Å². The zero-order valence-corrected chi connectivity index (χ0v) is 47.7. The highest BCUT2D eigenvalue weighted by molar-refractivity contribution is 6.03. The number of aromatic carboxylic acids is 1. The second-order valence-electron chi connectivity index (χ2n) is 22.9. The fraction of sp³-hybridized carbons (Fsp3) is 0.525. The molecule has 1 N–H and O–H groups in total. The molecule has 0 radical (unpaired) electrons. The number of hydrogen-bond acceptors (Lipinski definition) is 14. The molecule has 19 nitrogen and oxygen atoms in total. The van der Waals surface area contributed by atoms with E-state index in [1.54, 1.807) is 55.1 Å². The quantitative estimate of drug-likeness (QED) is 0.0792. The van der Waals surface area contributed by atoms with Crippen LogP contribution in [-0.2, 0) is 14.2 Å². The number of hydrogen-bond donors (Lipinski definition) is 1. The standard InChI is InChI=1S/C36H47N5O6.C25H29N3O5/c1-7-45-34(43)29-17-28(30-31(37-29)41(27-11-9-8-10-12-27)38-32(30)46-22(2)3)23-13-15-24(16-14-23)33(42)39-18-25-20-40(21-26(25)19-39)35(44)47-36(4,5)6;1-4-32-25(31)20-14-19(16-10-12-17(13-11-16)24(29)30)21-22(26-20)28(18-8-6-5-7-9-18)27-23(21)33-15(2)3/h13-17,22,25-27H,7-12,18-21H2,1-6H3;10-15,18H,4-9H2,1-3H3,(H,29,30). The lowest BCUT2D eigenvalue weighted by Crippen LogP contribution is -2.38. The highest BCUT2D eigenvalue weighted by atomic mass is 16.6. The summed E-state index contributed by atoms with van der Waals surface area (Å²) >= 11 is 0. The van der Waals surface area contributed by atoms with E-state index in [9.17, 15) is 29.1 Å². The molecule has 2 aliphatic carbocycles. The molecule has 4 aliphatic rings. The Morgan fingerprint density at radius 1 is 0.588 bits per heavy atom. The van der Waals surface area contributed by atoms with Crippen LogP contribution < -0.4 is 9.47 Å². The number of pyridine rings is 2. The van der Waals surface area contributed by atoms with Gasteiger partial charge in [-0.15, -0.1) is 10.2 Å². The van der Waals surface area contributed by atoms with Crippen molar-refractivity contribution in [3.8, 4) is 34.0 Å². The first-order valence-electron chi connectivity index (χ1n) is 28.6. The fourth-order valence-corrected chi connectivity index (χ4v) is 11.5. The summed E-state index contributed by atoms with van der Waals surface area (Å²) in [5.41, 5.74) is 4.86. The first-order chi connectivity index (χ1) is 38.3. The van der Waals surface area contributed by atoms with Gasteiger partial charge in [-0.2, -0.15) is 0 Å². The Hall–Kier alpha value is -7.57. The molecule has 426 valence electrons. The number of carboxylic acid groups (broad SMARTS) is 1. The van der Waals surface area contributed by atoms with Gasteiger partial charge in [0.2, 0.25) is 11.8 Å². The van der Waals surface area contributed by atoms with Crippen molar-refractivity contribution in [3.05, 3.63) is 83.2 Å². The number of carbonyl (C=O) groups is 5. The molecule has 2 amide bonds. The predicted molar refractivity (Wildman–Crippen MR) is 301 cm³/mol. The third-order valence-corrected chi connectivity index (χ3v) is 15.1. The zero-order valence-electron chi connectivity index (χ0n) is 47.7. The van der Waals surface area contributed by atoms with Crippen molar-refractivity contribution >= 4 is 52.0 Å². The Morgan fingerprint density at radius 3 is 1.36 bits per heavy atom. The van der Waals surface area contributed by atoms with Crippen LogP contribution in [0.4, 0.5) is 4.79 Å². The maximum Gasteiger partial charge on any atom is 0.410 e. The number of benzene rings is 2. The van der Waals surface area contributed by atoms with Crippen molar-refractivity contribution in [2.45, 2.75) is 156 Å². The van der Waals surface area contributed by atoms with Crippen LogP contribution in [0, 0.1) is 11.8 Å². The number of ether oxygens (including phenoxy) is 5. The lowest BCUT2D eigenvalue weighted by molar-refractivity contribution is 0.0274. The van der Waals surface area contributed by atoms with Crippen molar-refractivity contribution in [3.63, 3.8) is 0 Å². The first kappa shape index (κ1) is 57.1. The van der Waals surface area contributed by atoms with Crippen LogP contribution in [-0.4, -0.2) is 132 Å². The summed E-state index contributed by atoms with van der Waals surface area (Å²) in [5.74, 6) is -0.609. The van der Waals surface area contributed by atoms with Gasteiger partial charge in [0, 0.05) is 54.7 Å². The summed E-state index contributed by atoms with van der Waals surface area (Å²) in [4.78, 5) is 76.4. The van der Waals surface area contributed by atoms with Gasteiger partial charge in [0.05, 0.1) is 53.8 Å². The number of likely N-dealkylation sites (tertiary alicyclic amines) is 2. The number of aromatic nitrogens is 6. The van der Waals surface area contributed by atoms with Gasteiger partial charge in [-0.1, -0.05) is 62.8 Å². The maximum absolute atomic E-state index is 13.6. The lowest BCUT2D eigenvalue weighted by Gasteiger charge is -2.26. The van der Waals surface area contributed by atoms with E-state index in [0.717, 1.165) is 73.4 Å². The molecular formula is C61H76N8O11. The molecule has 6 aromatic rings. The van der Waals surface area contributed by atoms with E-state index in [1.165, 1.54) is 12.8 Å². The smallest absolute Gasteiger partial charge is 0.410 e. The molecule has 4 aromatic heterocycles. The average Bonchev–Trinajstić information content (AvgIpc) is 4.34. The predicted octanol–water partition coefficient (Wildman–Crippen LogP) is 11.8. The molecule has 0 spiro atoms. The number of carbonyl (C=O) groups excluding carboxylic acids is 4. The van der Waals surface area contributed by atoms with E-state index in [2.05, 4.69) is 4.98 Å². The summed E-state index contributed by atoms with van der Waals surface area (Å²) < 4.78 is 32.3. The molecule has 2 aliphatic heterocycles. The number of fused-ring (bicyclic) bond motifs is 3. The van der Waals surface area contributed by atoms with Crippen LogP contribution in [0.5, 0.6) is 11.8 Å². The topological polar surface area (TPSA) is 220 Å². The molecule has 2 unspecified atom stereocenters. The zero-order chi connectivity index (χ0) is 57.0. The minimum absolute atomic E-state index is 0.0317. The van der Waals surface area contributed by atoms with Gasteiger partial charge in [-0.05, 0) is 136 Å². The van der Waals surface area contributed by atoms with Crippen molar-refractivity contribution in [1.29, 1.82) is 0 Å². The molecule has 2 atom stereocenters. The Kier molecular flexibility index (Phi) is 17.4. The van der Waals surface area contributed by atoms with Crippen LogP contribution in [0.3, 0.4) is 0 Å². The minimum Gasteiger partial charge on any atom is -0.478 e. The Bertz CT molecular complexity index is 3210. The largest absolute Gasteiger partial charge is 0.478 e. The molecule has 0 bridgehead atoms. The molecular weight excluding hydrogens is 1020 g/mol. The van der Waals surface area contributed by atoms with E-state index in [4.69, 9.17) is 38.9 Å². The van der Waals surface area contributed by atoms with Gasteiger partial charge in [-0.3, -0.25) is 4.79 Å². The van der Waals surface area contributed by atoms with Gasteiger partial charge < -0.3 is 38.6 Å². The van der Waals surface area contributed by atoms with Crippen LogP contribution in [0.25, 0.3) is 44.3 Å². The van der Waals surface area contributed by atoms with Crippen LogP contribution in [0.1, 0.15) is 180 Å². The lowest BCUT2D eigenvalue weighted by atomic mass is 9.95. The Morgan fingerprint density at radius 2 is 0.988 bits per heavy atom. The number of carboxylic acids is 1. The van der Waals surface area contributed by atoms with Crippen LogP contribution in [0.2, 0.25) is 0 Å². The van der Waals surface area contributed by atoms with Crippen molar-refractivity contribution < 1.29 is 52.8 Å². The Balaban J connectivity index is 0.000000206. The second-order valence-corrected chi connectivity index (χ2v) is 22.9. The molecule has 19 heteroatoms. The maximum atomic E-state index is 13.6. The Labute approximate surface area is 467 Å². The monoisotopic (exact) mass is 1100 g/mol. The molecule has 2 aromatic carbocycles. The first-order valence-corrected chi connectivity index (χ1v) is 28.6. The van der Waals surface area contributed by atoms with Gasteiger partial charge >= 0.3 is 24.0 Å². The highest BCUT2D eigenvalue weighted by Crippen LogP contribution is 2.42. The number of nitrogens with zero attached hydrogens (tertiary/aromatic N) is 8. The van der Waals surface area contributed by atoms with Gasteiger partial charge in [0.25, 0.3) is 5.91 Å². The second kappa shape index (κ2) is 24.4. The molecule has 80 heavy (non-hydrogen) atoms. The third-order valence-electron chi connectivity index (χ3n) is 15.1. The van der Waals surface area contributed by atoms with E-state index in [-0.39, 0.29) is 78.3 Å². The van der Waals surface area contributed by atoms with Crippen molar-refractivity contribution in [2.75, 3.05) is 39.4 Å². The van der Waals surface area contributed by atoms with Crippen molar-refractivity contribution in [2.24, 2.45) is 11.8 Å². The van der Waals surface area contributed by atoms with Gasteiger partial charge in [-0.25, -0.2) is 38.5 Å². The summed E-state index contributed by atoms with van der Waals surface area (Å²) in [7, 11) is 0. The number of rotatable bonds is 14. The molecule has 2 saturated heterocycles. The molecule has 6 heterocycles.